The second kappa shape index (κ2) is 4.56. The number of ketones is 1. The third kappa shape index (κ3) is 1.91. The van der Waals surface area contributed by atoms with Gasteiger partial charge in [0.15, 0.2) is 5.78 Å². The molecule has 4 heteroatoms. The van der Waals surface area contributed by atoms with Crippen LogP contribution in [0.3, 0.4) is 0 Å². The van der Waals surface area contributed by atoms with E-state index in [4.69, 9.17) is 16.3 Å². The number of methoxy groups -OCH3 is 1. The fourth-order valence-electron chi connectivity index (χ4n) is 3.14. The maximum absolute atomic E-state index is 12.5. The lowest BCUT2D eigenvalue weighted by Gasteiger charge is -2.19. The molecule has 2 saturated heterocycles. The van der Waals surface area contributed by atoms with E-state index in [9.17, 15) is 4.79 Å². The number of carbonyl (C=O) groups is 1. The molecule has 1 N–H and O–H groups in total. The number of nitrogens with one attached hydrogen (secondary N) is 1. The Bertz CT molecular complexity index is 489. The molecular formula is C14H16ClNO2. The number of hydrogen-bond donors (Lipinski definition) is 1. The van der Waals surface area contributed by atoms with Gasteiger partial charge >= 0.3 is 0 Å². The summed E-state index contributed by atoms with van der Waals surface area (Å²) in [5, 5.41) is 4.03. The largest absolute Gasteiger partial charge is 0.495 e. The van der Waals surface area contributed by atoms with Crippen LogP contribution in [0.5, 0.6) is 5.75 Å². The minimum Gasteiger partial charge on any atom is -0.495 e. The number of Topliss-reactive ketones (excluding diaryl/α,β-unsaturated/α-hetero) is 1. The molecule has 3 rings (SSSR count). The van der Waals surface area contributed by atoms with E-state index in [1.165, 1.54) is 6.42 Å². The molecule has 0 spiro atoms. The van der Waals surface area contributed by atoms with E-state index in [0.717, 1.165) is 12.8 Å². The molecule has 0 aliphatic carbocycles. The van der Waals surface area contributed by atoms with Crippen molar-refractivity contribution in [3.63, 3.8) is 0 Å². The molecule has 2 aliphatic heterocycles. The average Bonchev–Trinajstić information content (AvgIpc) is 3.00. The van der Waals surface area contributed by atoms with E-state index < -0.39 is 0 Å². The third-order valence-electron chi connectivity index (χ3n) is 4.07. The average molecular weight is 266 g/mol. The van der Waals surface area contributed by atoms with Crippen molar-refractivity contribution >= 4 is 17.4 Å². The minimum absolute atomic E-state index is 0.120. The molecule has 0 radical (unpaired) electrons. The minimum atomic E-state index is 0.120. The fourth-order valence-corrected chi connectivity index (χ4v) is 3.34. The van der Waals surface area contributed by atoms with Gasteiger partial charge in [-0.1, -0.05) is 11.6 Å². The molecule has 0 aromatic heterocycles. The summed E-state index contributed by atoms with van der Waals surface area (Å²) in [5.41, 5.74) is 0.704. The van der Waals surface area contributed by atoms with Gasteiger partial charge < -0.3 is 10.1 Å². The van der Waals surface area contributed by atoms with Gasteiger partial charge in [-0.2, -0.15) is 0 Å². The van der Waals surface area contributed by atoms with Crippen LogP contribution < -0.4 is 10.1 Å². The third-order valence-corrected chi connectivity index (χ3v) is 4.38. The van der Waals surface area contributed by atoms with E-state index in [1.807, 2.05) is 0 Å². The summed E-state index contributed by atoms with van der Waals surface area (Å²) >= 11 is 5.98. The van der Waals surface area contributed by atoms with Crippen LogP contribution in [-0.2, 0) is 0 Å². The normalized spacial score (nSPS) is 29.6. The number of rotatable bonds is 3. The van der Waals surface area contributed by atoms with Gasteiger partial charge in [-0.3, -0.25) is 4.79 Å². The van der Waals surface area contributed by atoms with Crippen molar-refractivity contribution in [3.8, 4) is 5.75 Å². The fraction of sp³-hybridized carbons (Fsp3) is 0.500. The van der Waals surface area contributed by atoms with Crippen LogP contribution in [0.15, 0.2) is 18.2 Å². The maximum Gasteiger partial charge on any atom is 0.167 e. The molecule has 3 nitrogen and oxygen atoms in total. The lowest BCUT2D eigenvalue weighted by atomic mass is 9.84. The highest BCUT2D eigenvalue weighted by atomic mass is 35.5. The number of fused-ring (bicyclic) bond motifs is 2. The van der Waals surface area contributed by atoms with Gasteiger partial charge in [0.25, 0.3) is 0 Å². The lowest BCUT2D eigenvalue weighted by molar-refractivity contribution is 0.0900. The molecule has 0 saturated carbocycles. The zero-order valence-electron chi connectivity index (χ0n) is 10.3. The Balaban J connectivity index is 1.84. The zero-order chi connectivity index (χ0) is 12.7. The highest BCUT2D eigenvalue weighted by Crippen LogP contribution is 2.36. The van der Waals surface area contributed by atoms with Gasteiger partial charge in [0.2, 0.25) is 0 Å². The Morgan fingerprint density at radius 1 is 1.44 bits per heavy atom. The first-order valence-corrected chi connectivity index (χ1v) is 6.70. The SMILES string of the molecule is COc1cc(C(=O)C2CC3CCC2N3)ccc1Cl. The highest BCUT2D eigenvalue weighted by molar-refractivity contribution is 6.32. The van der Waals surface area contributed by atoms with Crippen LogP contribution in [0.1, 0.15) is 29.6 Å². The monoisotopic (exact) mass is 265 g/mol. The second-order valence-corrected chi connectivity index (χ2v) is 5.51. The Morgan fingerprint density at radius 3 is 2.89 bits per heavy atom. The topological polar surface area (TPSA) is 38.3 Å². The van der Waals surface area contributed by atoms with Crippen LogP contribution in [0.2, 0.25) is 5.02 Å². The Kier molecular flexibility index (Phi) is 3.04. The molecule has 2 fully saturated rings. The number of halogens is 1. The van der Waals surface area contributed by atoms with Crippen molar-refractivity contribution in [1.82, 2.24) is 5.32 Å². The van der Waals surface area contributed by atoms with Crippen LogP contribution in [0.4, 0.5) is 0 Å². The van der Waals surface area contributed by atoms with Gasteiger partial charge in [0.05, 0.1) is 12.1 Å². The lowest BCUT2D eigenvalue weighted by Crippen LogP contribution is -2.28. The van der Waals surface area contributed by atoms with Gasteiger partial charge in [0.1, 0.15) is 5.75 Å². The molecule has 1 aromatic carbocycles. The predicted molar refractivity (Wildman–Crippen MR) is 70.4 cm³/mol. The van der Waals surface area contributed by atoms with Crippen molar-refractivity contribution < 1.29 is 9.53 Å². The van der Waals surface area contributed by atoms with Crippen LogP contribution >= 0.6 is 11.6 Å². The van der Waals surface area contributed by atoms with Crippen molar-refractivity contribution in [1.29, 1.82) is 0 Å². The van der Waals surface area contributed by atoms with Crippen LogP contribution in [0, 0.1) is 5.92 Å². The molecule has 0 amide bonds. The summed E-state index contributed by atoms with van der Waals surface area (Å²) in [6.45, 7) is 0. The molecule has 3 unspecified atom stereocenters. The van der Waals surface area contributed by atoms with E-state index >= 15 is 0 Å². The van der Waals surface area contributed by atoms with Crippen molar-refractivity contribution in [2.24, 2.45) is 5.92 Å². The molecule has 96 valence electrons. The standard InChI is InChI=1S/C14H16ClNO2/c1-18-13-6-8(2-4-11(13)15)14(17)10-7-9-3-5-12(10)16-9/h2,4,6,9-10,12,16H,3,5,7H2,1H3. The molecule has 1 aromatic rings. The number of ether oxygens (including phenoxy) is 1. The highest BCUT2D eigenvalue weighted by Gasteiger charge is 2.42. The zero-order valence-corrected chi connectivity index (χ0v) is 11.0. The van der Waals surface area contributed by atoms with Gasteiger partial charge in [-0.05, 0) is 37.5 Å². The molecule has 2 heterocycles. The molecule has 3 atom stereocenters. The van der Waals surface area contributed by atoms with E-state index in [0.29, 0.717) is 28.4 Å². The number of carbonyl (C=O) groups excluding carboxylic acids is 1. The number of hydrogen-bond acceptors (Lipinski definition) is 3. The first-order chi connectivity index (χ1) is 8.69. The summed E-state index contributed by atoms with van der Waals surface area (Å²) in [6.07, 6.45) is 3.29. The first-order valence-electron chi connectivity index (χ1n) is 6.33. The summed E-state index contributed by atoms with van der Waals surface area (Å²) in [7, 11) is 1.56. The molecule has 2 aliphatic rings. The summed E-state index contributed by atoms with van der Waals surface area (Å²) in [6, 6.07) is 6.17. The Morgan fingerprint density at radius 2 is 2.28 bits per heavy atom. The Hall–Kier alpha value is -1.06. The first kappa shape index (κ1) is 12.0. The van der Waals surface area contributed by atoms with Gasteiger partial charge in [0, 0.05) is 23.6 Å². The second-order valence-electron chi connectivity index (χ2n) is 5.10. The van der Waals surface area contributed by atoms with Crippen LogP contribution in [-0.4, -0.2) is 25.0 Å². The van der Waals surface area contributed by atoms with Crippen molar-refractivity contribution in [3.05, 3.63) is 28.8 Å². The van der Waals surface area contributed by atoms with E-state index in [1.54, 1.807) is 25.3 Å². The van der Waals surface area contributed by atoms with E-state index in [2.05, 4.69) is 5.32 Å². The predicted octanol–water partition coefficient (Wildman–Crippen LogP) is 2.67. The summed E-state index contributed by atoms with van der Waals surface area (Å²) < 4.78 is 5.16. The molecule has 2 bridgehead atoms. The van der Waals surface area contributed by atoms with Gasteiger partial charge in [-0.15, -0.1) is 0 Å². The van der Waals surface area contributed by atoms with Crippen LogP contribution in [0.25, 0.3) is 0 Å². The Labute approximate surface area is 111 Å². The molecule has 18 heavy (non-hydrogen) atoms. The van der Waals surface area contributed by atoms with E-state index in [-0.39, 0.29) is 11.7 Å². The maximum atomic E-state index is 12.5. The van der Waals surface area contributed by atoms with Crippen molar-refractivity contribution in [2.45, 2.75) is 31.3 Å². The quantitative estimate of drug-likeness (QED) is 0.854. The molecular weight excluding hydrogens is 250 g/mol. The van der Waals surface area contributed by atoms with Crippen molar-refractivity contribution in [2.75, 3.05) is 7.11 Å². The van der Waals surface area contributed by atoms with Gasteiger partial charge in [-0.25, -0.2) is 0 Å². The smallest absolute Gasteiger partial charge is 0.167 e. The summed E-state index contributed by atoms with van der Waals surface area (Å²) in [5.74, 6) is 0.901. The number of benzene rings is 1. The summed E-state index contributed by atoms with van der Waals surface area (Å²) in [4.78, 5) is 12.5.